The van der Waals surface area contributed by atoms with Crippen molar-refractivity contribution < 1.29 is 8.78 Å². The number of hydrogen-bond acceptors (Lipinski definition) is 2. The molecule has 0 fully saturated rings. The molecule has 0 aromatic heterocycles. The number of benzene rings is 2. The highest BCUT2D eigenvalue weighted by Crippen LogP contribution is 2.29. The summed E-state index contributed by atoms with van der Waals surface area (Å²) >= 11 is 0. The van der Waals surface area contributed by atoms with Gasteiger partial charge in [0.1, 0.15) is 5.82 Å². The summed E-state index contributed by atoms with van der Waals surface area (Å²) in [7, 11) is 0. The van der Waals surface area contributed by atoms with Crippen LogP contribution in [0.15, 0.2) is 36.4 Å². The van der Waals surface area contributed by atoms with Crippen molar-refractivity contribution in [1.29, 1.82) is 0 Å². The SMILES string of the molecule is C#CCN(Cc1ccc(F)cc1)c1ccc(CCC)c(N)c1F. The van der Waals surface area contributed by atoms with Crippen molar-refractivity contribution in [3.8, 4) is 12.3 Å². The van der Waals surface area contributed by atoms with E-state index in [0.29, 0.717) is 12.2 Å². The number of rotatable bonds is 6. The molecule has 0 radical (unpaired) electrons. The third kappa shape index (κ3) is 4.01. The zero-order valence-corrected chi connectivity index (χ0v) is 13.2. The summed E-state index contributed by atoms with van der Waals surface area (Å²) in [5, 5.41) is 0. The number of nitrogen functional groups attached to an aromatic ring is 1. The molecule has 0 aliphatic rings. The van der Waals surface area contributed by atoms with E-state index < -0.39 is 5.82 Å². The summed E-state index contributed by atoms with van der Waals surface area (Å²) in [6, 6.07) is 9.61. The van der Waals surface area contributed by atoms with E-state index in [1.54, 1.807) is 23.1 Å². The van der Waals surface area contributed by atoms with Gasteiger partial charge >= 0.3 is 0 Å². The molecule has 2 nitrogen and oxygen atoms in total. The average molecular weight is 314 g/mol. The lowest BCUT2D eigenvalue weighted by atomic mass is 10.1. The number of hydrogen-bond donors (Lipinski definition) is 1. The Labute approximate surface area is 135 Å². The second-order valence-electron chi connectivity index (χ2n) is 5.41. The molecular weight excluding hydrogens is 294 g/mol. The van der Waals surface area contributed by atoms with Crippen molar-refractivity contribution >= 4 is 11.4 Å². The van der Waals surface area contributed by atoms with Crippen LogP contribution < -0.4 is 10.6 Å². The molecule has 0 heterocycles. The molecule has 2 aromatic rings. The Hall–Kier alpha value is -2.54. The Morgan fingerprint density at radius 3 is 2.43 bits per heavy atom. The minimum Gasteiger partial charge on any atom is -0.396 e. The van der Waals surface area contributed by atoms with Gasteiger partial charge in [-0.3, -0.25) is 0 Å². The fourth-order valence-electron chi connectivity index (χ4n) is 2.50. The van der Waals surface area contributed by atoms with E-state index >= 15 is 0 Å². The molecule has 120 valence electrons. The maximum absolute atomic E-state index is 14.6. The number of anilines is 2. The van der Waals surface area contributed by atoms with Crippen molar-refractivity contribution in [1.82, 2.24) is 0 Å². The topological polar surface area (TPSA) is 29.3 Å². The summed E-state index contributed by atoms with van der Waals surface area (Å²) in [6.07, 6.45) is 7.03. The van der Waals surface area contributed by atoms with Crippen molar-refractivity contribution in [2.75, 3.05) is 17.2 Å². The zero-order chi connectivity index (χ0) is 16.8. The molecule has 0 aliphatic heterocycles. The Morgan fingerprint density at radius 1 is 1.13 bits per heavy atom. The molecule has 2 aromatic carbocycles. The maximum atomic E-state index is 14.6. The van der Waals surface area contributed by atoms with Gasteiger partial charge < -0.3 is 10.6 Å². The van der Waals surface area contributed by atoms with Crippen LogP contribution in [0, 0.1) is 24.0 Å². The second-order valence-corrected chi connectivity index (χ2v) is 5.41. The van der Waals surface area contributed by atoms with E-state index in [2.05, 4.69) is 5.92 Å². The van der Waals surface area contributed by atoms with Gasteiger partial charge in [-0.05, 0) is 35.7 Å². The van der Waals surface area contributed by atoms with Crippen LogP contribution in [0.4, 0.5) is 20.2 Å². The van der Waals surface area contributed by atoms with Crippen molar-refractivity contribution in [3.05, 3.63) is 59.2 Å². The molecule has 4 heteroatoms. The summed E-state index contributed by atoms with van der Waals surface area (Å²) < 4.78 is 27.6. The lowest BCUT2D eigenvalue weighted by molar-refractivity contribution is 0.620. The summed E-state index contributed by atoms with van der Waals surface area (Å²) in [6.45, 7) is 2.64. The molecule has 0 amide bonds. The number of nitrogens with two attached hydrogens (primary N) is 1. The van der Waals surface area contributed by atoms with Gasteiger partial charge in [0.2, 0.25) is 0 Å². The third-order valence-electron chi connectivity index (χ3n) is 3.68. The Balaban J connectivity index is 2.32. The number of terminal acetylenes is 1. The predicted octanol–water partition coefficient (Wildman–Crippen LogP) is 4.14. The zero-order valence-electron chi connectivity index (χ0n) is 13.2. The Morgan fingerprint density at radius 2 is 1.83 bits per heavy atom. The van der Waals surface area contributed by atoms with Gasteiger partial charge in [-0.15, -0.1) is 6.42 Å². The number of halogens is 2. The van der Waals surface area contributed by atoms with Gasteiger partial charge in [0, 0.05) is 6.54 Å². The largest absolute Gasteiger partial charge is 0.396 e. The van der Waals surface area contributed by atoms with Crippen LogP contribution in [0.5, 0.6) is 0 Å². The molecule has 0 aliphatic carbocycles. The molecule has 23 heavy (non-hydrogen) atoms. The van der Waals surface area contributed by atoms with Gasteiger partial charge in [-0.25, -0.2) is 8.78 Å². The average Bonchev–Trinajstić information content (AvgIpc) is 2.54. The monoisotopic (exact) mass is 314 g/mol. The minimum atomic E-state index is -0.451. The van der Waals surface area contributed by atoms with Crippen LogP contribution in [-0.2, 0) is 13.0 Å². The van der Waals surface area contributed by atoms with E-state index in [4.69, 9.17) is 12.2 Å². The van der Waals surface area contributed by atoms with E-state index in [1.807, 2.05) is 13.0 Å². The minimum absolute atomic E-state index is 0.172. The maximum Gasteiger partial charge on any atom is 0.169 e. The molecule has 2 rings (SSSR count). The van der Waals surface area contributed by atoms with Crippen LogP contribution in [-0.4, -0.2) is 6.54 Å². The first-order chi connectivity index (χ1) is 11.1. The fraction of sp³-hybridized carbons (Fsp3) is 0.263. The first-order valence-electron chi connectivity index (χ1n) is 7.56. The molecule has 2 N–H and O–H groups in total. The van der Waals surface area contributed by atoms with E-state index in [1.165, 1.54) is 12.1 Å². The smallest absolute Gasteiger partial charge is 0.169 e. The lowest BCUT2D eigenvalue weighted by Crippen LogP contribution is -2.24. The van der Waals surface area contributed by atoms with E-state index in [0.717, 1.165) is 24.0 Å². The first-order valence-corrected chi connectivity index (χ1v) is 7.56. The molecule has 0 unspecified atom stereocenters. The normalized spacial score (nSPS) is 10.3. The number of aryl methyl sites for hydroxylation is 1. The van der Waals surface area contributed by atoms with Crippen LogP contribution >= 0.6 is 0 Å². The van der Waals surface area contributed by atoms with Crippen molar-refractivity contribution in [2.45, 2.75) is 26.3 Å². The van der Waals surface area contributed by atoms with E-state index in [-0.39, 0.29) is 18.0 Å². The van der Waals surface area contributed by atoms with Gasteiger partial charge in [-0.1, -0.05) is 37.5 Å². The molecule has 0 spiro atoms. The second kappa shape index (κ2) is 7.64. The molecule has 0 saturated heterocycles. The number of nitrogens with zero attached hydrogens (tertiary/aromatic N) is 1. The van der Waals surface area contributed by atoms with Crippen LogP contribution in [0.25, 0.3) is 0 Å². The molecule has 0 saturated carbocycles. The molecular formula is C19H20F2N2. The highest BCUT2D eigenvalue weighted by molar-refractivity contribution is 5.62. The molecule has 0 atom stereocenters. The highest BCUT2D eigenvalue weighted by Gasteiger charge is 2.16. The first kappa shape index (κ1) is 16.8. The third-order valence-corrected chi connectivity index (χ3v) is 3.68. The predicted molar refractivity (Wildman–Crippen MR) is 91.1 cm³/mol. The molecule has 0 bridgehead atoms. The van der Waals surface area contributed by atoms with E-state index in [9.17, 15) is 8.78 Å². The Bertz CT molecular complexity index is 703. The van der Waals surface area contributed by atoms with Gasteiger partial charge in [-0.2, -0.15) is 0 Å². The standard InChI is InChI=1S/C19H20F2N2/c1-3-5-15-8-11-17(18(21)19(15)22)23(12-4-2)13-14-6-9-16(20)10-7-14/h2,6-11H,3,5,12-13,22H2,1H3. The van der Waals surface area contributed by atoms with Crippen LogP contribution in [0.3, 0.4) is 0 Å². The highest BCUT2D eigenvalue weighted by atomic mass is 19.1. The van der Waals surface area contributed by atoms with Gasteiger partial charge in [0.15, 0.2) is 5.82 Å². The quantitative estimate of drug-likeness (QED) is 0.641. The summed E-state index contributed by atoms with van der Waals surface area (Å²) in [5.74, 6) is 1.77. The van der Waals surface area contributed by atoms with Gasteiger partial charge in [0.25, 0.3) is 0 Å². The van der Waals surface area contributed by atoms with Crippen molar-refractivity contribution in [3.63, 3.8) is 0 Å². The summed E-state index contributed by atoms with van der Waals surface area (Å²) in [4.78, 5) is 1.72. The lowest BCUT2D eigenvalue weighted by Gasteiger charge is -2.24. The Kier molecular flexibility index (Phi) is 5.59. The fourth-order valence-corrected chi connectivity index (χ4v) is 2.50. The van der Waals surface area contributed by atoms with Crippen LogP contribution in [0.1, 0.15) is 24.5 Å². The van der Waals surface area contributed by atoms with Gasteiger partial charge in [0.05, 0.1) is 17.9 Å². The summed E-state index contributed by atoms with van der Waals surface area (Å²) in [5.41, 5.74) is 8.10. The van der Waals surface area contributed by atoms with Crippen molar-refractivity contribution in [2.24, 2.45) is 0 Å². The van der Waals surface area contributed by atoms with Crippen LogP contribution in [0.2, 0.25) is 0 Å².